The van der Waals surface area contributed by atoms with Crippen LogP contribution in [0, 0.1) is 0 Å². The Labute approximate surface area is 241 Å². The van der Waals surface area contributed by atoms with Gasteiger partial charge in [-0.1, -0.05) is 41.4 Å². The average Bonchev–Trinajstić information content (AvgIpc) is 3.34. The van der Waals surface area contributed by atoms with Gasteiger partial charge in [-0.3, -0.25) is 9.55 Å². The number of hydrogen-bond donors (Lipinski definition) is 1. The van der Waals surface area contributed by atoms with Crippen LogP contribution in [-0.4, -0.2) is 43.6 Å². The number of benzene rings is 2. The summed E-state index contributed by atoms with van der Waals surface area (Å²) in [5.74, 6) is 1.45. The lowest BCUT2D eigenvalue weighted by Crippen LogP contribution is -2.42. The smallest absolute Gasteiger partial charge is 0.170 e. The van der Waals surface area contributed by atoms with Crippen LogP contribution in [0.2, 0.25) is 15.1 Å². The summed E-state index contributed by atoms with van der Waals surface area (Å²) >= 11 is 19.0. The van der Waals surface area contributed by atoms with Gasteiger partial charge >= 0.3 is 0 Å². The fourth-order valence-electron chi connectivity index (χ4n) is 4.90. The van der Waals surface area contributed by atoms with Gasteiger partial charge in [-0.05, 0) is 67.4 Å². The summed E-state index contributed by atoms with van der Waals surface area (Å²) in [6.07, 6.45) is 7.03. The molecule has 0 aliphatic carbocycles. The number of rotatable bonds is 6. The Hall–Kier alpha value is -3.65. The topological polar surface area (TPSA) is 71.8 Å². The van der Waals surface area contributed by atoms with E-state index in [2.05, 4.69) is 31.7 Å². The van der Waals surface area contributed by atoms with Gasteiger partial charge in [0.15, 0.2) is 17.0 Å². The van der Waals surface area contributed by atoms with Gasteiger partial charge in [0.05, 0.1) is 5.02 Å². The number of nitrogens with zero attached hydrogens (tertiary/aromatic N) is 6. The maximum atomic E-state index is 6.64. The number of pyridine rings is 1. The number of halogens is 3. The molecule has 7 nitrogen and oxygen atoms in total. The first-order chi connectivity index (χ1) is 19.0. The van der Waals surface area contributed by atoms with Crippen molar-refractivity contribution in [1.82, 2.24) is 29.8 Å². The minimum Gasteiger partial charge on any atom is -0.382 e. The van der Waals surface area contributed by atoms with Crippen molar-refractivity contribution in [3.63, 3.8) is 0 Å². The van der Waals surface area contributed by atoms with E-state index in [0.29, 0.717) is 38.1 Å². The van der Waals surface area contributed by atoms with Crippen LogP contribution in [0.25, 0.3) is 33.9 Å². The molecular weight excluding hydrogens is 553 g/mol. The molecule has 0 atom stereocenters. The lowest BCUT2D eigenvalue weighted by Gasteiger charge is -2.34. The quantitative estimate of drug-likeness (QED) is 0.233. The van der Waals surface area contributed by atoms with Crippen LogP contribution in [0.1, 0.15) is 18.4 Å². The second kappa shape index (κ2) is 10.8. The Morgan fingerprint density at radius 2 is 1.72 bits per heavy atom. The van der Waals surface area contributed by atoms with E-state index in [1.54, 1.807) is 24.7 Å². The summed E-state index contributed by atoms with van der Waals surface area (Å²) < 4.78 is 1.98. The number of hydrogen-bond acceptors (Lipinski definition) is 6. The molecule has 0 spiro atoms. The molecule has 0 saturated carbocycles. The van der Waals surface area contributed by atoms with Crippen molar-refractivity contribution in [2.45, 2.75) is 18.9 Å². The van der Waals surface area contributed by atoms with Crippen molar-refractivity contribution in [3.05, 3.63) is 101 Å². The van der Waals surface area contributed by atoms with E-state index >= 15 is 0 Å². The maximum absolute atomic E-state index is 6.64. The van der Waals surface area contributed by atoms with E-state index in [-0.39, 0.29) is 0 Å². The molecular formula is C29H24Cl3N7. The molecule has 0 unspecified atom stereocenters. The first-order valence-corrected chi connectivity index (χ1v) is 13.7. The Morgan fingerprint density at radius 1 is 0.949 bits per heavy atom. The van der Waals surface area contributed by atoms with Gasteiger partial charge in [-0.25, -0.2) is 15.0 Å². The molecule has 2 aromatic carbocycles. The molecule has 0 bridgehead atoms. The summed E-state index contributed by atoms with van der Waals surface area (Å²) in [6, 6.07) is 17.2. The predicted molar refractivity (Wildman–Crippen MR) is 159 cm³/mol. The van der Waals surface area contributed by atoms with Crippen LogP contribution in [0.15, 0.2) is 79.9 Å². The standard InChI is InChI=1S/C29H24Cl3N7/c1-18(19-3-2-12-33-16-19)36-22-10-13-38(14-11-22)28-26-29(35-17-34-28)39(23-7-4-20(30)5-8-23)27(37-26)24-9-6-21(31)15-25(24)32/h2-9,12,15-17,22,36H,1,10-11,13-14H2. The maximum Gasteiger partial charge on any atom is 0.170 e. The van der Waals surface area contributed by atoms with Crippen molar-refractivity contribution < 1.29 is 0 Å². The molecule has 1 fully saturated rings. The number of imidazole rings is 1. The Morgan fingerprint density at radius 3 is 2.44 bits per heavy atom. The van der Waals surface area contributed by atoms with E-state index in [4.69, 9.17) is 39.8 Å². The van der Waals surface area contributed by atoms with Gasteiger partial charge in [-0.2, -0.15) is 0 Å². The first-order valence-electron chi connectivity index (χ1n) is 12.5. The number of anilines is 1. The van der Waals surface area contributed by atoms with E-state index < -0.39 is 0 Å². The fraction of sp³-hybridized carbons (Fsp3) is 0.172. The normalized spacial score (nSPS) is 14.1. The fourth-order valence-corrected chi connectivity index (χ4v) is 5.52. The summed E-state index contributed by atoms with van der Waals surface area (Å²) in [6.45, 7) is 5.83. The van der Waals surface area contributed by atoms with Gasteiger partial charge in [0.1, 0.15) is 12.2 Å². The predicted octanol–water partition coefficient (Wildman–Crippen LogP) is 7.07. The highest BCUT2D eigenvalue weighted by molar-refractivity contribution is 6.36. The third-order valence-electron chi connectivity index (χ3n) is 6.86. The molecule has 1 N–H and O–H groups in total. The largest absolute Gasteiger partial charge is 0.382 e. The SMILES string of the molecule is C=C(NC1CCN(c2ncnc3c2nc(-c2ccc(Cl)cc2Cl)n3-c2ccc(Cl)cc2)CC1)c1cccnc1. The van der Waals surface area contributed by atoms with E-state index in [9.17, 15) is 0 Å². The van der Waals surface area contributed by atoms with Gasteiger partial charge < -0.3 is 10.2 Å². The molecule has 0 amide bonds. The van der Waals surface area contributed by atoms with Crippen molar-refractivity contribution in [1.29, 1.82) is 0 Å². The lowest BCUT2D eigenvalue weighted by molar-refractivity contribution is 0.459. The van der Waals surface area contributed by atoms with Crippen LogP contribution in [-0.2, 0) is 0 Å². The zero-order valence-corrected chi connectivity index (χ0v) is 23.1. The van der Waals surface area contributed by atoms with Crippen LogP contribution >= 0.6 is 34.8 Å². The highest BCUT2D eigenvalue weighted by Crippen LogP contribution is 2.36. The van der Waals surface area contributed by atoms with Crippen LogP contribution in [0.5, 0.6) is 0 Å². The molecule has 1 saturated heterocycles. The molecule has 1 aliphatic heterocycles. The van der Waals surface area contributed by atoms with Crippen molar-refractivity contribution in [2.75, 3.05) is 18.0 Å². The Kier molecular flexibility index (Phi) is 7.12. The third-order valence-corrected chi connectivity index (χ3v) is 7.66. The molecule has 6 rings (SSSR count). The van der Waals surface area contributed by atoms with Crippen LogP contribution < -0.4 is 10.2 Å². The lowest BCUT2D eigenvalue weighted by atomic mass is 10.0. The summed E-state index contributed by atoms with van der Waals surface area (Å²) in [4.78, 5) is 20.8. The zero-order valence-electron chi connectivity index (χ0n) is 20.9. The van der Waals surface area contributed by atoms with Gasteiger partial charge in [0.25, 0.3) is 0 Å². The van der Waals surface area contributed by atoms with Crippen LogP contribution in [0.4, 0.5) is 5.82 Å². The minimum atomic E-state index is 0.307. The van der Waals surface area contributed by atoms with Crippen molar-refractivity contribution >= 4 is 57.5 Å². The van der Waals surface area contributed by atoms with Crippen molar-refractivity contribution in [2.24, 2.45) is 0 Å². The highest BCUT2D eigenvalue weighted by Gasteiger charge is 2.26. The van der Waals surface area contributed by atoms with E-state index in [1.807, 2.05) is 53.2 Å². The highest BCUT2D eigenvalue weighted by atomic mass is 35.5. The number of piperidine rings is 1. The Balaban J connectivity index is 1.34. The second-order valence-electron chi connectivity index (χ2n) is 9.37. The monoisotopic (exact) mass is 575 g/mol. The molecule has 3 aromatic heterocycles. The summed E-state index contributed by atoms with van der Waals surface area (Å²) in [5.41, 5.74) is 4.89. The first kappa shape index (κ1) is 25.6. The third kappa shape index (κ3) is 5.17. The average molecular weight is 577 g/mol. The summed E-state index contributed by atoms with van der Waals surface area (Å²) in [7, 11) is 0. The molecule has 5 aromatic rings. The van der Waals surface area contributed by atoms with E-state index in [0.717, 1.165) is 54.3 Å². The summed E-state index contributed by atoms with van der Waals surface area (Å²) in [5, 5.41) is 5.27. The number of fused-ring (bicyclic) bond motifs is 1. The van der Waals surface area contributed by atoms with Gasteiger partial charge in [0.2, 0.25) is 0 Å². The molecule has 39 heavy (non-hydrogen) atoms. The van der Waals surface area contributed by atoms with Crippen molar-refractivity contribution in [3.8, 4) is 17.1 Å². The molecule has 10 heteroatoms. The Bertz CT molecular complexity index is 1640. The molecule has 0 radical (unpaired) electrons. The molecule has 1 aliphatic rings. The minimum absolute atomic E-state index is 0.307. The number of nitrogens with one attached hydrogen (secondary N) is 1. The zero-order chi connectivity index (χ0) is 26.9. The molecule has 196 valence electrons. The second-order valence-corrected chi connectivity index (χ2v) is 10.6. The van der Waals surface area contributed by atoms with E-state index in [1.165, 1.54) is 0 Å². The van der Waals surface area contributed by atoms with Gasteiger partial charge in [-0.15, -0.1) is 0 Å². The van der Waals surface area contributed by atoms with Crippen LogP contribution in [0.3, 0.4) is 0 Å². The number of aromatic nitrogens is 5. The van der Waals surface area contributed by atoms with Gasteiger partial charge in [0, 0.05) is 64.1 Å². The molecule has 4 heterocycles.